The van der Waals surface area contributed by atoms with Crippen molar-refractivity contribution in [1.82, 2.24) is 10.6 Å². The third-order valence-corrected chi connectivity index (χ3v) is 2.03. The Labute approximate surface area is 87.3 Å². The molecule has 0 saturated heterocycles. The molecule has 0 aliphatic rings. The fourth-order valence-corrected chi connectivity index (χ4v) is 1.18. The molecular formula is C10H25N3O. The fourth-order valence-electron chi connectivity index (χ4n) is 1.18. The van der Waals surface area contributed by atoms with Gasteiger partial charge in [-0.2, -0.15) is 0 Å². The number of hydrogen-bond donors (Lipinski definition) is 4. The fraction of sp³-hybridized carbons (Fsp3) is 1.00. The van der Waals surface area contributed by atoms with Crippen molar-refractivity contribution in [3.63, 3.8) is 0 Å². The van der Waals surface area contributed by atoms with Crippen molar-refractivity contribution in [3.8, 4) is 0 Å². The molecule has 0 aliphatic heterocycles. The molecule has 86 valence electrons. The molecule has 14 heavy (non-hydrogen) atoms. The minimum Gasteiger partial charge on any atom is -0.396 e. The number of aliphatic hydroxyl groups excluding tert-OH is 1. The SMILES string of the molecule is NCCCNCCCNCCCCO. The summed E-state index contributed by atoms with van der Waals surface area (Å²) in [4.78, 5) is 0. The van der Waals surface area contributed by atoms with E-state index in [-0.39, 0.29) is 0 Å². The molecule has 0 aromatic carbocycles. The van der Waals surface area contributed by atoms with Crippen LogP contribution < -0.4 is 16.4 Å². The molecular weight excluding hydrogens is 178 g/mol. The van der Waals surface area contributed by atoms with Crippen LogP contribution in [0.5, 0.6) is 0 Å². The Morgan fingerprint density at radius 1 is 0.786 bits per heavy atom. The second-order valence-corrected chi connectivity index (χ2v) is 3.43. The predicted octanol–water partition coefficient (Wildman–Crippen LogP) is -0.323. The quantitative estimate of drug-likeness (QED) is 0.347. The van der Waals surface area contributed by atoms with Crippen LogP contribution in [-0.2, 0) is 0 Å². The van der Waals surface area contributed by atoms with Gasteiger partial charge in [0.05, 0.1) is 0 Å². The van der Waals surface area contributed by atoms with E-state index in [4.69, 9.17) is 10.8 Å². The standard InChI is InChI=1S/C10H25N3O/c11-5-3-7-13-9-4-8-12-6-1-2-10-14/h12-14H,1-11H2. The van der Waals surface area contributed by atoms with Gasteiger partial charge in [-0.3, -0.25) is 0 Å². The molecule has 0 atom stereocenters. The van der Waals surface area contributed by atoms with Gasteiger partial charge in [-0.05, 0) is 58.4 Å². The third kappa shape index (κ3) is 11.8. The first kappa shape index (κ1) is 13.8. The highest BCUT2D eigenvalue weighted by molar-refractivity contribution is 4.52. The number of rotatable bonds is 11. The average Bonchev–Trinajstić information content (AvgIpc) is 2.21. The van der Waals surface area contributed by atoms with E-state index in [9.17, 15) is 0 Å². The molecule has 0 rings (SSSR count). The molecule has 0 radical (unpaired) electrons. The zero-order valence-corrected chi connectivity index (χ0v) is 9.10. The van der Waals surface area contributed by atoms with Gasteiger partial charge in [0.1, 0.15) is 0 Å². The zero-order valence-electron chi connectivity index (χ0n) is 9.10. The van der Waals surface area contributed by atoms with Gasteiger partial charge in [-0.1, -0.05) is 0 Å². The number of hydrogen-bond acceptors (Lipinski definition) is 4. The summed E-state index contributed by atoms with van der Waals surface area (Å²) in [5.41, 5.74) is 5.36. The molecule has 5 N–H and O–H groups in total. The van der Waals surface area contributed by atoms with Crippen LogP contribution in [0.15, 0.2) is 0 Å². The molecule has 0 aromatic heterocycles. The Hall–Kier alpha value is -0.160. The van der Waals surface area contributed by atoms with Gasteiger partial charge in [0.2, 0.25) is 0 Å². The second kappa shape index (κ2) is 12.8. The summed E-state index contributed by atoms with van der Waals surface area (Å²) in [5.74, 6) is 0. The minimum atomic E-state index is 0.308. The summed E-state index contributed by atoms with van der Waals surface area (Å²) in [6, 6.07) is 0. The summed E-state index contributed by atoms with van der Waals surface area (Å²) < 4.78 is 0. The molecule has 0 heterocycles. The van der Waals surface area contributed by atoms with E-state index < -0.39 is 0 Å². The first-order chi connectivity index (χ1) is 6.91. The molecule has 0 saturated carbocycles. The van der Waals surface area contributed by atoms with Crippen molar-refractivity contribution in [1.29, 1.82) is 0 Å². The van der Waals surface area contributed by atoms with Gasteiger partial charge in [0.15, 0.2) is 0 Å². The molecule has 0 spiro atoms. The molecule has 4 heteroatoms. The highest BCUT2D eigenvalue weighted by Gasteiger charge is 1.89. The van der Waals surface area contributed by atoms with Crippen molar-refractivity contribution in [2.75, 3.05) is 39.3 Å². The van der Waals surface area contributed by atoms with Gasteiger partial charge in [-0.25, -0.2) is 0 Å². The second-order valence-electron chi connectivity index (χ2n) is 3.43. The molecule has 0 unspecified atom stereocenters. The summed E-state index contributed by atoms with van der Waals surface area (Å²) in [6.07, 6.45) is 4.19. The van der Waals surface area contributed by atoms with Gasteiger partial charge in [-0.15, -0.1) is 0 Å². The van der Waals surface area contributed by atoms with E-state index in [2.05, 4.69) is 10.6 Å². The summed E-state index contributed by atoms with van der Waals surface area (Å²) >= 11 is 0. The topological polar surface area (TPSA) is 70.3 Å². The molecule has 0 fully saturated rings. The molecule has 0 bridgehead atoms. The van der Waals surface area contributed by atoms with E-state index in [0.717, 1.165) is 58.4 Å². The third-order valence-electron chi connectivity index (χ3n) is 2.03. The van der Waals surface area contributed by atoms with Gasteiger partial charge < -0.3 is 21.5 Å². The lowest BCUT2D eigenvalue weighted by Gasteiger charge is -2.05. The highest BCUT2D eigenvalue weighted by atomic mass is 16.2. The van der Waals surface area contributed by atoms with Crippen LogP contribution in [0.25, 0.3) is 0 Å². The number of nitrogens with two attached hydrogens (primary N) is 1. The Balaban J connectivity index is 2.78. The maximum Gasteiger partial charge on any atom is 0.0431 e. The van der Waals surface area contributed by atoms with E-state index in [1.165, 1.54) is 0 Å². The van der Waals surface area contributed by atoms with Crippen molar-refractivity contribution < 1.29 is 5.11 Å². The Bertz CT molecular complexity index is 89.4. The average molecular weight is 203 g/mol. The van der Waals surface area contributed by atoms with Crippen LogP contribution in [0.2, 0.25) is 0 Å². The van der Waals surface area contributed by atoms with Crippen molar-refractivity contribution in [3.05, 3.63) is 0 Å². The van der Waals surface area contributed by atoms with Gasteiger partial charge in [0, 0.05) is 6.61 Å². The maximum absolute atomic E-state index is 8.54. The minimum absolute atomic E-state index is 0.308. The monoisotopic (exact) mass is 203 g/mol. The van der Waals surface area contributed by atoms with Crippen LogP contribution >= 0.6 is 0 Å². The predicted molar refractivity (Wildman–Crippen MR) is 60.3 cm³/mol. The largest absolute Gasteiger partial charge is 0.396 e. The number of nitrogens with one attached hydrogen (secondary N) is 2. The maximum atomic E-state index is 8.54. The number of unbranched alkanes of at least 4 members (excludes halogenated alkanes) is 1. The highest BCUT2D eigenvalue weighted by Crippen LogP contribution is 1.83. The Kier molecular flexibility index (Phi) is 12.7. The van der Waals surface area contributed by atoms with Crippen molar-refractivity contribution in [2.45, 2.75) is 25.7 Å². The van der Waals surface area contributed by atoms with Crippen LogP contribution in [-0.4, -0.2) is 44.4 Å². The smallest absolute Gasteiger partial charge is 0.0431 e. The zero-order chi connectivity index (χ0) is 10.5. The Morgan fingerprint density at radius 3 is 1.93 bits per heavy atom. The molecule has 4 nitrogen and oxygen atoms in total. The molecule has 0 aliphatic carbocycles. The summed E-state index contributed by atoms with van der Waals surface area (Å²) in [6.45, 7) is 5.24. The lowest BCUT2D eigenvalue weighted by Crippen LogP contribution is -2.24. The lowest BCUT2D eigenvalue weighted by molar-refractivity contribution is 0.283. The summed E-state index contributed by atoms with van der Waals surface area (Å²) in [5, 5.41) is 15.2. The van der Waals surface area contributed by atoms with Crippen LogP contribution in [0.3, 0.4) is 0 Å². The first-order valence-corrected chi connectivity index (χ1v) is 5.64. The van der Waals surface area contributed by atoms with E-state index in [0.29, 0.717) is 6.61 Å². The molecule has 0 aromatic rings. The van der Waals surface area contributed by atoms with Crippen LogP contribution in [0.4, 0.5) is 0 Å². The number of aliphatic hydroxyl groups is 1. The molecule has 0 amide bonds. The Morgan fingerprint density at radius 2 is 1.36 bits per heavy atom. The van der Waals surface area contributed by atoms with Gasteiger partial charge in [0.25, 0.3) is 0 Å². The van der Waals surface area contributed by atoms with Crippen LogP contribution in [0, 0.1) is 0 Å². The normalized spacial score (nSPS) is 10.7. The summed E-state index contributed by atoms with van der Waals surface area (Å²) in [7, 11) is 0. The van der Waals surface area contributed by atoms with Crippen molar-refractivity contribution in [2.24, 2.45) is 5.73 Å². The van der Waals surface area contributed by atoms with E-state index in [1.807, 2.05) is 0 Å². The van der Waals surface area contributed by atoms with Gasteiger partial charge >= 0.3 is 0 Å². The van der Waals surface area contributed by atoms with E-state index >= 15 is 0 Å². The lowest BCUT2D eigenvalue weighted by atomic mass is 10.3. The van der Waals surface area contributed by atoms with Crippen molar-refractivity contribution >= 4 is 0 Å². The first-order valence-electron chi connectivity index (χ1n) is 5.64. The van der Waals surface area contributed by atoms with Crippen LogP contribution in [0.1, 0.15) is 25.7 Å². The van der Waals surface area contributed by atoms with E-state index in [1.54, 1.807) is 0 Å².